The first-order chi connectivity index (χ1) is 8.60. The van der Waals surface area contributed by atoms with Crippen LogP contribution in [0.3, 0.4) is 0 Å². The summed E-state index contributed by atoms with van der Waals surface area (Å²) in [6, 6.07) is -0.752. The van der Waals surface area contributed by atoms with E-state index in [-0.39, 0.29) is 31.5 Å². The Labute approximate surface area is 103 Å². The van der Waals surface area contributed by atoms with Crippen LogP contribution >= 0.6 is 0 Å². The fourth-order valence-corrected chi connectivity index (χ4v) is 1.91. The minimum atomic E-state index is -0.774. The number of hydrogen-bond acceptors (Lipinski definition) is 6. The Hall–Kier alpha value is -1.63. The van der Waals surface area contributed by atoms with Gasteiger partial charge in [0.2, 0.25) is 0 Å². The van der Waals surface area contributed by atoms with E-state index in [1.165, 1.54) is 0 Å². The van der Waals surface area contributed by atoms with Gasteiger partial charge in [-0.25, -0.2) is 9.59 Å². The van der Waals surface area contributed by atoms with E-state index in [1.54, 1.807) is 0 Å². The summed E-state index contributed by atoms with van der Waals surface area (Å²) in [5.74, 6) is -0.790. The van der Waals surface area contributed by atoms with Crippen molar-refractivity contribution in [3.63, 3.8) is 0 Å². The fraction of sp³-hybridized carbons (Fsp3) is 0.727. The van der Waals surface area contributed by atoms with Gasteiger partial charge in [0.25, 0.3) is 0 Å². The highest BCUT2D eigenvalue weighted by Crippen LogP contribution is 2.36. The van der Waals surface area contributed by atoms with Gasteiger partial charge >= 0.3 is 18.0 Å². The van der Waals surface area contributed by atoms with E-state index in [9.17, 15) is 14.4 Å². The van der Waals surface area contributed by atoms with Crippen LogP contribution in [0.15, 0.2) is 0 Å². The topological polar surface area (TPSA) is 102 Å². The highest BCUT2D eigenvalue weighted by Gasteiger charge is 2.40. The molecule has 7 heteroatoms. The summed E-state index contributed by atoms with van der Waals surface area (Å²) in [6.45, 7) is 0.0959. The lowest BCUT2D eigenvalue weighted by molar-refractivity contribution is -0.145. The SMILES string of the molecule is O=C(CC[C@H]1NC(=O)OC1=O)OC1CC1CCO. The second kappa shape index (κ2) is 5.34. The highest BCUT2D eigenvalue weighted by molar-refractivity contribution is 5.95. The van der Waals surface area contributed by atoms with Crippen molar-refractivity contribution in [2.45, 2.75) is 37.8 Å². The number of nitrogens with one attached hydrogen (secondary N) is 1. The van der Waals surface area contributed by atoms with Gasteiger partial charge in [0.15, 0.2) is 0 Å². The minimum Gasteiger partial charge on any atom is -0.462 e. The van der Waals surface area contributed by atoms with E-state index in [1.807, 2.05) is 0 Å². The molecule has 3 atom stereocenters. The number of ether oxygens (including phenoxy) is 2. The number of hydrogen-bond donors (Lipinski definition) is 2. The number of alkyl carbamates (subject to hydrolysis) is 1. The number of esters is 2. The Morgan fingerprint density at radius 1 is 1.44 bits per heavy atom. The number of carbonyl (C=O) groups is 3. The molecule has 2 rings (SSSR count). The Bertz CT molecular complexity index is 369. The van der Waals surface area contributed by atoms with Gasteiger partial charge in [-0.05, 0) is 19.3 Å². The number of amides is 1. The molecule has 1 aliphatic carbocycles. The van der Waals surface area contributed by atoms with Crippen LogP contribution in [0.1, 0.15) is 25.7 Å². The molecule has 1 heterocycles. The molecule has 0 aromatic carbocycles. The molecule has 1 saturated heterocycles. The summed E-state index contributed by atoms with van der Waals surface area (Å²) in [5, 5.41) is 11.0. The molecule has 1 amide bonds. The lowest BCUT2D eigenvalue weighted by Crippen LogP contribution is -2.29. The molecule has 18 heavy (non-hydrogen) atoms. The van der Waals surface area contributed by atoms with Gasteiger partial charge in [-0.2, -0.15) is 0 Å². The first-order valence-corrected chi connectivity index (χ1v) is 5.92. The third-order valence-electron chi connectivity index (χ3n) is 3.05. The van der Waals surface area contributed by atoms with Gasteiger partial charge in [-0.1, -0.05) is 0 Å². The molecule has 7 nitrogen and oxygen atoms in total. The van der Waals surface area contributed by atoms with Gasteiger partial charge in [-0.15, -0.1) is 0 Å². The largest absolute Gasteiger partial charge is 0.462 e. The van der Waals surface area contributed by atoms with E-state index < -0.39 is 24.1 Å². The van der Waals surface area contributed by atoms with Crippen LogP contribution in [0, 0.1) is 5.92 Å². The molecular weight excluding hydrogens is 242 g/mol. The van der Waals surface area contributed by atoms with E-state index in [2.05, 4.69) is 10.1 Å². The van der Waals surface area contributed by atoms with Crippen LogP contribution in [-0.2, 0) is 19.1 Å². The molecule has 1 saturated carbocycles. The summed E-state index contributed by atoms with van der Waals surface area (Å²) < 4.78 is 9.41. The molecular formula is C11H15NO6. The fourth-order valence-electron chi connectivity index (χ4n) is 1.91. The smallest absolute Gasteiger partial charge is 0.415 e. The molecule has 0 spiro atoms. The van der Waals surface area contributed by atoms with Crippen molar-refractivity contribution in [3.8, 4) is 0 Å². The van der Waals surface area contributed by atoms with Gasteiger partial charge < -0.3 is 19.9 Å². The normalized spacial score (nSPS) is 29.7. The summed E-state index contributed by atoms with van der Waals surface area (Å²) in [7, 11) is 0. The van der Waals surface area contributed by atoms with E-state index in [0.717, 1.165) is 6.42 Å². The first-order valence-electron chi connectivity index (χ1n) is 5.92. The summed E-state index contributed by atoms with van der Waals surface area (Å²) in [6.07, 6.45) is 0.791. The quantitative estimate of drug-likeness (QED) is 0.501. The van der Waals surface area contributed by atoms with Crippen LogP contribution < -0.4 is 5.32 Å². The van der Waals surface area contributed by atoms with E-state index in [4.69, 9.17) is 9.84 Å². The second-order valence-electron chi connectivity index (χ2n) is 4.48. The molecule has 2 unspecified atom stereocenters. The lowest BCUT2D eigenvalue weighted by atomic mass is 10.2. The average Bonchev–Trinajstić information content (AvgIpc) is 2.93. The molecule has 1 aliphatic heterocycles. The molecule has 2 N–H and O–H groups in total. The van der Waals surface area contributed by atoms with E-state index >= 15 is 0 Å². The molecule has 0 radical (unpaired) electrons. The van der Waals surface area contributed by atoms with Crippen molar-refractivity contribution in [1.29, 1.82) is 0 Å². The zero-order valence-electron chi connectivity index (χ0n) is 9.76. The van der Waals surface area contributed by atoms with Crippen molar-refractivity contribution in [2.24, 2.45) is 5.92 Å². The van der Waals surface area contributed by atoms with Gasteiger partial charge in [0.1, 0.15) is 12.1 Å². The van der Waals surface area contributed by atoms with Crippen LogP contribution in [-0.4, -0.2) is 41.9 Å². The molecule has 0 aromatic heterocycles. The average molecular weight is 257 g/mol. The molecule has 2 aliphatic rings. The first kappa shape index (κ1) is 12.8. The number of cyclic esters (lactones) is 2. The van der Waals surface area contributed by atoms with Gasteiger partial charge in [-0.3, -0.25) is 4.79 Å². The van der Waals surface area contributed by atoms with Gasteiger partial charge in [0.05, 0.1) is 0 Å². The van der Waals surface area contributed by atoms with Crippen molar-refractivity contribution in [2.75, 3.05) is 6.61 Å². The lowest BCUT2D eigenvalue weighted by Gasteiger charge is -2.06. The predicted molar refractivity (Wildman–Crippen MR) is 57.3 cm³/mol. The molecule has 0 bridgehead atoms. The van der Waals surface area contributed by atoms with E-state index in [0.29, 0.717) is 6.42 Å². The van der Waals surface area contributed by atoms with Gasteiger partial charge in [0, 0.05) is 18.9 Å². The molecule has 0 aromatic rings. The van der Waals surface area contributed by atoms with Crippen molar-refractivity contribution < 1.29 is 29.0 Å². The van der Waals surface area contributed by atoms with Crippen LogP contribution in [0.5, 0.6) is 0 Å². The Kier molecular flexibility index (Phi) is 3.81. The highest BCUT2D eigenvalue weighted by atomic mass is 16.6. The van der Waals surface area contributed by atoms with Crippen LogP contribution in [0.25, 0.3) is 0 Å². The summed E-state index contributed by atoms with van der Waals surface area (Å²) in [5.41, 5.74) is 0. The monoisotopic (exact) mass is 257 g/mol. The maximum atomic E-state index is 11.4. The van der Waals surface area contributed by atoms with Crippen LogP contribution in [0.2, 0.25) is 0 Å². The second-order valence-corrected chi connectivity index (χ2v) is 4.48. The summed E-state index contributed by atoms with van der Waals surface area (Å²) >= 11 is 0. The zero-order chi connectivity index (χ0) is 13.1. The summed E-state index contributed by atoms with van der Waals surface area (Å²) in [4.78, 5) is 33.2. The zero-order valence-corrected chi connectivity index (χ0v) is 9.76. The third kappa shape index (κ3) is 3.19. The number of aliphatic hydroxyl groups excluding tert-OH is 1. The van der Waals surface area contributed by atoms with Crippen LogP contribution in [0.4, 0.5) is 4.79 Å². The molecule has 2 fully saturated rings. The predicted octanol–water partition coefficient (Wildman–Crippen LogP) is -0.284. The minimum absolute atomic E-state index is 0.0579. The Morgan fingerprint density at radius 3 is 2.83 bits per heavy atom. The maximum absolute atomic E-state index is 11.4. The van der Waals surface area contributed by atoms with Crippen molar-refractivity contribution >= 4 is 18.0 Å². The standard InChI is InChI=1S/C11H15NO6/c13-4-3-6-5-8(6)17-9(14)2-1-7-10(15)18-11(16)12-7/h6-8,13H,1-5H2,(H,12,16)/t6?,7-,8?/m1/s1. The Balaban J connectivity index is 1.64. The number of rotatable bonds is 6. The Morgan fingerprint density at radius 2 is 2.22 bits per heavy atom. The number of aliphatic hydroxyl groups is 1. The molecule has 100 valence electrons. The third-order valence-corrected chi connectivity index (χ3v) is 3.05. The maximum Gasteiger partial charge on any atom is 0.415 e. The number of carbonyl (C=O) groups excluding carboxylic acids is 3. The van der Waals surface area contributed by atoms with Crippen molar-refractivity contribution in [1.82, 2.24) is 5.32 Å². The van der Waals surface area contributed by atoms with Crippen molar-refractivity contribution in [3.05, 3.63) is 0 Å².